The Morgan fingerprint density at radius 2 is 1.33 bits per heavy atom. The van der Waals surface area contributed by atoms with Gasteiger partial charge in [-0.1, -0.05) is 37.1 Å². The van der Waals surface area contributed by atoms with Crippen molar-refractivity contribution in [1.82, 2.24) is 4.90 Å². The lowest BCUT2D eigenvalue weighted by Gasteiger charge is -2.48. The van der Waals surface area contributed by atoms with Crippen molar-refractivity contribution in [2.75, 3.05) is 46.7 Å². The summed E-state index contributed by atoms with van der Waals surface area (Å²) in [5.74, 6) is 1.79. The zero-order chi connectivity index (χ0) is 9.47. The molecular formula is C15H40BN2+. The van der Waals surface area contributed by atoms with Gasteiger partial charge in [0, 0.05) is 24.9 Å². The van der Waals surface area contributed by atoms with E-state index in [0.29, 0.717) is 0 Å². The third kappa shape index (κ3) is 6.24. The Morgan fingerprint density at radius 3 is 1.67 bits per heavy atom. The van der Waals surface area contributed by atoms with Crippen molar-refractivity contribution in [1.29, 1.82) is 0 Å². The minimum atomic E-state index is 0. The standard InChI is InChI=1S/C10H20BN2.5CH4/c1-13(2)6-9-3-10(7-13)5-12(4-9)8-11;;;;;/h9-10H,3-8H2,1-2H3;5*1H4/q+1;;;;;. The molecule has 0 saturated carbocycles. The van der Waals surface area contributed by atoms with Crippen LogP contribution in [0.1, 0.15) is 43.6 Å². The molecule has 2 rings (SSSR count). The van der Waals surface area contributed by atoms with Crippen molar-refractivity contribution in [3.63, 3.8) is 0 Å². The van der Waals surface area contributed by atoms with Crippen LogP contribution in [0.4, 0.5) is 0 Å². The molecular weight excluding hydrogens is 219 g/mol. The molecule has 112 valence electrons. The zero-order valence-corrected chi connectivity index (χ0v) is 8.87. The van der Waals surface area contributed by atoms with Gasteiger partial charge < -0.3 is 9.38 Å². The molecule has 2 radical (unpaired) electrons. The average Bonchev–Trinajstić information content (AvgIpc) is 1.99. The summed E-state index contributed by atoms with van der Waals surface area (Å²) in [6.45, 7) is 5.14. The number of hydrogen-bond donors (Lipinski definition) is 0. The molecule has 2 fully saturated rings. The van der Waals surface area contributed by atoms with E-state index in [1.165, 1.54) is 37.1 Å². The molecule has 0 amide bonds. The van der Waals surface area contributed by atoms with E-state index in [9.17, 15) is 0 Å². The summed E-state index contributed by atoms with van der Waals surface area (Å²) in [5, 5.41) is 0. The molecule has 0 aromatic carbocycles. The predicted octanol–water partition coefficient (Wildman–Crippen LogP) is 3.32. The van der Waals surface area contributed by atoms with Crippen LogP contribution in [0.2, 0.25) is 0 Å². The molecule has 2 nitrogen and oxygen atoms in total. The number of hydrogen-bond acceptors (Lipinski definition) is 1. The van der Waals surface area contributed by atoms with Gasteiger partial charge in [0.05, 0.1) is 35.0 Å². The normalized spacial score (nSPS) is 28.1. The molecule has 18 heavy (non-hydrogen) atoms. The number of fused-ring (bicyclic) bond motifs is 2. The maximum Gasteiger partial charge on any atom is 0.0863 e. The molecule has 0 N–H and O–H groups in total. The lowest BCUT2D eigenvalue weighted by molar-refractivity contribution is -0.903. The Balaban J connectivity index is -0.000000196. The van der Waals surface area contributed by atoms with E-state index < -0.39 is 0 Å². The molecule has 2 aliphatic rings. The van der Waals surface area contributed by atoms with Crippen LogP contribution in [-0.2, 0) is 0 Å². The summed E-state index contributed by atoms with van der Waals surface area (Å²) in [6, 6.07) is 0. The quantitative estimate of drug-likeness (QED) is 0.516. The third-order valence-corrected chi connectivity index (χ3v) is 3.46. The summed E-state index contributed by atoms with van der Waals surface area (Å²) < 4.78 is 1.22. The van der Waals surface area contributed by atoms with Crippen LogP contribution in [0.15, 0.2) is 0 Å². The van der Waals surface area contributed by atoms with Crippen molar-refractivity contribution in [3.8, 4) is 0 Å². The second kappa shape index (κ2) is 9.86. The number of nitrogens with zero attached hydrogens (tertiary/aromatic N) is 2. The molecule has 2 unspecified atom stereocenters. The second-order valence-corrected chi connectivity index (χ2v) is 5.49. The molecule has 2 heterocycles. The largest absolute Gasteiger partial charge is 0.328 e. The van der Waals surface area contributed by atoms with E-state index in [4.69, 9.17) is 7.85 Å². The molecule has 2 bridgehead atoms. The summed E-state index contributed by atoms with van der Waals surface area (Å²) in [6.07, 6.45) is 2.19. The number of likely N-dealkylation sites (tertiary alicyclic amines) is 2. The Bertz CT molecular complexity index is 179. The van der Waals surface area contributed by atoms with Gasteiger partial charge in [0.2, 0.25) is 0 Å². The van der Waals surface area contributed by atoms with Crippen molar-refractivity contribution in [2.45, 2.75) is 43.6 Å². The maximum absolute atomic E-state index is 5.69. The van der Waals surface area contributed by atoms with Gasteiger partial charge in [-0.25, -0.2) is 0 Å². The van der Waals surface area contributed by atoms with Gasteiger partial charge >= 0.3 is 0 Å². The lowest BCUT2D eigenvalue weighted by atomic mass is 9.83. The number of quaternary nitrogens is 1. The van der Waals surface area contributed by atoms with Crippen LogP contribution in [0.5, 0.6) is 0 Å². The van der Waals surface area contributed by atoms with Crippen molar-refractivity contribution in [3.05, 3.63) is 0 Å². The number of rotatable bonds is 1. The monoisotopic (exact) mass is 259 g/mol. The Labute approximate surface area is 120 Å². The Morgan fingerprint density at radius 1 is 0.944 bits per heavy atom. The maximum atomic E-state index is 5.69. The summed E-state index contributed by atoms with van der Waals surface area (Å²) >= 11 is 0. The first-order valence-electron chi connectivity index (χ1n) is 5.33. The van der Waals surface area contributed by atoms with Crippen molar-refractivity contribution in [2.24, 2.45) is 11.8 Å². The van der Waals surface area contributed by atoms with E-state index in [-0.39, 0.29) is 37.1 Å². The lowest BCUT2D eigenvalue weighted by Crippen LogP contribution is -2.58. The molecule has 0 aliphatic carbocycles. The summed E-state index contributed by atoms with van der Waals surface area (Å²) in [7, 11) is 10.4. The van der Waals surface area contributed by atoms with E-state index in [2.05, 4.69) is 19.0 Å². The van der Waals surface area contributed by atoms with Crippen LogP contribution >= 0.6 is 0 Å². The van der Waals surface area contributed by atoms with Gasteiger partial charge in [-0.15, -0.1) is 0 Å². The van der Waals surface area contributed by atoms with Crippen LogP contribution in [0.3, 0.4) is 0 Å². The molecule has 3 heteroatoms. The van der Waals surface area contributed by atoms with Crippen LogP contribution in [-0.4, -0.2) is 63.9 Å². The predicted molar refractivity (Wildman–Crippen MR) is 89.3 cm³/mol. The Kier molecular flexibility index (Phi) is 14.5. The highest BCUT2D eigenvalue weighted by molar-refractivity contribution is 6.08. The van der Waals surface area contributed by atoms with Gasteiger partial charge in [-0.3, -0.25) is 0 Å². The molecule has 2 aliphatic heterocycles. The fraction of sp³-hybridized carbons (Fsp3) is 1.00. The Hall–Kier alpha value is -0.0151. The van der Waals surface area contributed by atoms with Gasteiger partial charge in [0.25, 0.3) is 0 Å². The minimum Gasteiger partial charge on any atom is -0.328 e. The van der Waals surface area contributed by atoms with E-state index in [1.807, 2.05) is 0 Å². The third-order valence-electron chi connectivity index (χ3n) is 3.46. The average molecular weight is 259 g/mol. The fourth-order valence-corrected chi connectivity index (χ4v) is 3.31. The van der Waals surface area contributed by atoms with Crippen molar-refractivity contribution >= 4 is 7.85 Å². The van der Waals surface area contributed by atoms with Crippen molar-refractivity contribution < 1.29 is 4.48 Å². The fourth-order valence-electron chi connectivity index (χ4n) is 3.31. The van der Waals surface area contributed by atoms with Gasteiger partial charge in [0.15, 0.2) is 0 Å². The highest BCUT2D eigenvalue weighted by Crippen LogP contribution is 2.30. The first-order chi connectivity index (χ1) is 6.09. The second-order valence-electron chi connectivity index (χ2n) is 5.49. The van der Waals surface area contributed by atoms with E-state index in [1.54, 1.807) is 0 Å². The first kappa shape index (κ1) is 26.5. The van der Waals surface area contributed by atoms with E-state index in [0.717, 1.165) is 18.3 Å². The SMILES string of the molecule is C.C.C.C.C.[B]CN1CC2CC(C1)C[N+](C)(C)C2. The molecule has 0 spiro atoms. The van der Waals surface area contributed by atoms with E-state index >= 15 is 0 Å². The van der Waals surface area contributed by atoms with Gasteiger partial charge in [0.1, 0.15) is 0 Å². The van der Waals surface area contributed by atoms with Crippen LogP contribution in [0, 0.1) is 11.8 Å². The smallest absolute Gasteiger partial charge is 0.0863 e. The zero-order valence-electron chi connectivity index (χ0n) is 8.87. The molecule has 0 aromatic heterocycles. The summed E-state index contributed by atoms with van der Waals surface area (Å²) in [5.41, 5.74) is 0. The van der Waals surface area contributed by atoms with Gasteiger partial charge in [-0.05, 0) is 12.9 Å². The highest BCUT2D eigenvalue weighted by atomic mass is 15.3. The first-order valence-corrected chi connectivity index (χ1v) is 5.33. The highest BCUT2D eigenvalue weighted by Gasteiger charge is 2.38. The number of piperidine rings is 2. The topological polar surface area (TPSA) is 3.24 Å². The van der Waals surface area contributed by atoms with Gasteiger partial charge in [-0.2, -0.15) is 0 Å². The molecule has 0 aromatic rings. The van der Waals surface area contributed by atoms with Crippen LogP contribution < -0.4 is 0 Å². The summed E-state index contributed by atoms with van der Waals surface area (Å²) in [4.78, 5) is 2.41. The minimum absolute atomic E-state index is 0. The molecule has 2 saturated heterocycles. The molecule has 2 atom stereocenters. The van der Waals surface area contributed by atoms with Crippen LogP contribution in [0.25, 0.3) is 0 Å².